The van der Waals surface area contributed by atoms with E-state index >= 15 is 0 Å². The van der Waals surface area contributed by atoms with Crippen LogP contribution >= 0.6 is 0 Å². The summed E-state index contributed by atoms with van der Waals surface area (Å²) in [6.07, 6.45) is 0. The first-order valence-electron chi connectivity index (χ1n) is 4.86. The maximum atomic E-state index is 4.25. The van der Waals surface area contributed by atoms with E-state index in [9.17, 15) is 0 Å². The molecule has 0 bridgehead atoms. The Balaban J connectivity index is 3.19. The summed E-state index contributed by atoms with van der Waals surface area (Å²) in [6, 6.07) is 2.15. The monoisotopic (exact) mass is 178 g/mol. The third-order valence-electron chi connectivity index (χ3n) is 2.14. The molecule has 0 aliphatic heterocycles. The summed E-state index contributed by atoms with van der Waals surface area (Å²) in [4.78, 5) is 0. The van der Waals surface area contributed by atoms with Crippen LogP contribution in [-0.2, 0) is 0 Å². The Hall–Kier alpha value is -0.920. The molecule has 2 heteroatoms. The molecule has 72 valence electrons. The van der Waals surface area contributed by atoms with Crippen LogP contribution in [0.3, 0.4) is 0 Å². The molecule has 0 fully saturated rings. The van der Waals surface area contributed by atoms with Crippen molar-refractivity contribution in [3.8, 4) is 0 Å². The standard InChI is InChI=1S/C11H18N2/c1-7(2)10-6-9(5)12-13-11(10)8(3)4/h6-8H,1-5H3. The molecule has 1 aromatic heterocycles. The lowest BCUT2D eigenvalue weighted by Crippen LogP contribution is -2.04. The maximum absolute atomic E-state index is 4.25. The minimum absolute atomic E-state index is 0.463. The Labute approximate surface area is 80.4 Å². The minimum atomic E-state index is 0.463. The summed E-state index contributed by atoms with van der Waals surface area (Å²) in [5.74, 6) is 0.997. The molecule has 13 heavy (non-hydrogen) atoms. The first kappa shape index (κ1) is 10.2. The average Bonchev–Trinajstić information content (AvgIpc) is 2.03. The largest absolute Gasteiger partial charge is 0.156 e. The zero-order chi connectivity index (χ0) is 10.0. The average molecular weight is 178 g/mol. The third kappa shape index (κ3) is 2.27. The Morgan fingerprint density at radius 3 is 2.08 bits per heavy atom. The van der Waals surface area contributed by atoms with Crippen molar-refractivity contribution in [3.05, 3.63) is 23.0 Å². The highest BCUT2D eigenvalue weighted by Gasteiger charge is 2.11. The van der Waals surface area contributed by atoms with Crippen LogP contribution in [0.1, 0.15) is 56.5 Å². The SMILES string of the molecule is Cc1cc(C(C)C)c(C(C)C)nn1. The second-order valence-electron chi connectivity index (χ2n) is 4.14. The molecule has 0 radical (unpaired) electrons. The van der Waals surface area contributed by atoms with Gasteiger partial charge < -0.3 is 0 Å². The fourth-order valence-corrected chi connectivity index (χ4v) is 1.43. The van der Waals surface area contributed by atoms with Gasteiger partial charge in [0.2, 0.25) is 0 Å². The summed E-state index contributed by atoms with van der Waals surface area (Å²) >= 11 is 0. The van der Waals surface area contributed by atoms with Gasteiger partial charge in [0.25, 0.3) is 0 Å². The fourth-order valence-electron chi connectivity index (χ4n) is 1.43. The van der Waals surface area contributed by atoms with E-state index in [0.29, 0.717) is 11.8 Å². The molecule has 0 N–H and O–H groups in total. The summed E-state index contributed by atoms with van der Waals surface area (Å²) < 4.78 is 0. The van der Waals surface area contributed by atoms with Gasteiger partial charge in [0.05, 0.1) is 11.4 Å². The van der Waals surface area contributed by atoms with Crippen molar-refractivity contribution in [1.29, 1.82) is 0 Å². The molecule has 0 amide bonds. The van der Waals surface area contributed by atoms with Crippen LogP contribution in [0.2, 0.25) is 0 Å². The van der Waals surface area contributed by atoms with E-state index in [1.807, 2.05) is 6.92 Å². The molecule has 1 heterocycles. The van der Waals surface area contributed by atoms with Crippen molar-refractivity contribution in [2.45, 2.75) is 46.5 Å². The molecular formula is C11H18N2. The highest BCUT2D eigenvalue weighted by atomic mass is 15.1. The van der Waals surface area contributed by atoms with Crippen LogP contribution < -0.4 is 0 Å². The van der Waals surface area contributed by atoms with Gasteiger partial charge in [-0.05, 0) is 30.4 Å². The van der Waals surface area contributed by atoms with E-state index < -0.39 is 0 Å². The molecule has 0 saturated carbocycles. The van der Waals surface area contributed by atoms with E-state index in [1.165, 1.54) is 5.56 Å². The van der Waals surface area contributed by atoms with Crippen molar-refractivity contribution in [2.24, 2.45) is 0 Å². The lowest BCUT2D eigenvalue weighted by Gasteiger charge is -2.13. The number of hydrogen-bond donors (Lipinski definition) is 0. The second-order valence-corrected chi connectivity index (χ2v) is 4.14. The number of nitrogens with zero attached hydrogens (tertiary/aromatic N) is 2. The van der Waals surface area contributed by atoms with Gasteiger partial charge in [0.1, 0.15) is 0 Å². The Kier molecular flexibility index (Phi) is 3.02. The molecule has 0 saturated heterocycles. The first-order chi connectivity index (χ1) is 6.02. The predicted molar refractivity (Wildman–Crippen MR) is 54.9 cm³/mol. The number of aryl methyl sites for hydroxylation is 1. The van der Waals surface area contributed by atoms with Crippen LogP contribution in [0.5, 0.6) is 0 Å². The van der Waals surface area contributed by atoms with Crippen molar-refractivity contribution >= 4 is 0 Å². The summed E-state index contributed by atoms with van der Waals surface area (Å²) in [7, 11) is 0. The van der Waals surface area contributed by atoms with Gasteiger partial charge in [-0.15, -0.1) is 0 Å². The van der Waals surface area contributed by atoms with Crippen LogP contribution in [0, 0.1) is 6.92 Å². The number of hydrogen-bond acceptors (Lipinski definition) is 2. The van der Waals surface area contributed by atoms with E-state index in [-0.39, 0.29) is 0 Å². The summed E-state index contributed by atoms with van der Waals surface area (Å²) in [5, 5.41) is 8.34. The van der Waals surface area contributed by atoms with E-state index in [2.05, 4.69) is 44.0 Å². The molecule has 0 aliphatic carbocycles. The van der Waals surface area contributed by atoms with Crippen molar-refractivity contribution < 1.29 is 0 Å². The summed E-state index contributed by atoms with van der Waals surface area (Å²) in [6.45, 7) is 10.7. The lowest BCUT2D eigenvalue weighted by molar-refractivity contribution is 0.722. The third-order valence-corrected chi connectivity index (χ3v) is 2.14. The lowest BCUT2D eigenvalue weighted by atomic mass is 9.96. The van der Waals surface area contributed by atoms with Gasteiger partial charge in [-0.2, -0.15) is 10.2 Å². The molecule has 2 nitrogen and oxygen atoms in total. The molecule has 0 unspecified atom stereocenters. The Bertz CT molecular complexity index is 290. The fraction of sp³-hybridized carbons (Fsp3) is 0.636. The van der Waals surface area contributed by atoms with Gasteiger partial charge in [0.15, 0.2) is 0 Å². The number of rotatable bonds is 2. The molecule has 0 aliphatic rings. The van der Waals surface area contributed by atoms with E-state index in [4.69, 9.17) is 0 Å². The van der Waals surface area contributed by atoms with Gasteiger partial charge in [-0.25, -0.2) is 0 Å². The van der Waals surface area contributed by atoms with Gasteiger partial charge >= 0.3 is 0 Å². The maximum Gasteiger partial charge on any atom is 0.0691 e. The first-order valence-corrected chi connectivity index (χ1v) is 4.86. The smallest absolute Gasteiger partial charge is 0.0691 e. The van der Waals surface area contributed by atoms with Crippen molar-refractivity contribution in [3.63, 3.8) is 0 Å². The highest BCUT2D eigenvalue weighted by Crippen LogP contribution is 2.23. The molecule has 0 atom stereocenters. The topological polar surface area (TPSA) is 25.8 Å². The zero-order valence-electron chi connectivity index (χ0n) is 9.13. The van der Waals surface area contributed by atoms with Gasteiger partial charge in [0, 0.05) is 0 Å². The second kappa shape index (κ2) is 3.86. The van der Waals surface area contributed by atoms with Crippen molar-refractivity contribution in [2.75, 3.05) is 0 Å². The summed E-state index contributed by atoms with van der Waals surface area (Å²) in [5.41, 5.74) is 3.48. The minimum Gasteiger partial charge on any atom is -0.156 e. The molecule has 1 aromatic rings. The van der Waals surface area contributed by atoms with E-state index in [0.717, 1.165) is 11.4 Å². The van der Waals surface area contributed by atoms with Gasteiger partial charge in [-0.1, -0.05) is 27.7 Å². The Morgan fingerprint density at radius 1 is 1.00 bits per heavy atom. The van der Waals surface area contributed by atoms with Crippen LogP contribution in [0.4, 0.5) is 0 Å². The quantitative estimate of drug-likeness (QED) is 0.695. The van der Waals surface area contributed by atoms with Crippen LogP contribution in [0.25, 0.3) is 0 Å². The van der Waals surface area contributed by atoms with Crippen molar-refractivity contribution in [1.82, 2.24) is 10.2 Å². The predicted octanol–water partition coefficient (Wildman–Crippen LogP) is 3.03. The zero-order valence-corrected chi connectivity index (χ0v) is 9.13. The number of aromatic nitrogens is 2. The highest BCUT2D eigenvalue weighted by molar-refractivity contribution is 5.26. The molecular weight excluding hydrogens is 160 g/mol. The van der Waals surface area contributed by atoms with Crippen LogP contribution in [0.15, 0.2) is 6.07 Å². The van der Waals surface area contributed by atoms with Gasteiger partial charge in [-0.3, -0.25) is 0 Å². The normalized spacial score (nSPS) is 11.3. The molecule has 1 rings (SSSR count). The Morgan fingerprint density at radius 2 is 1.62 bits per heavy atom. The van der Waals surface area contributed by atoms with E-state index in [1.54, 1.807) is 0 Å². The van der Waals surface area contributed by atoms with Crippen LogP contribution in [-0.4, -0.2) is 10.2 Å². The molecule has 0 spiro atoms. The molecule has 0 aromatic carbocycles.